The third-order valence-corrected chi connectivity index (χ3v) is 3.04. The van der Waals surface area contributed by atoms with Crippen LogP contribution < -0.4 is 0 Å². The largest absolute Gasteiger partial charge is 0.471 e. The molecular weight excluding hydrogens is 207 g/mol. The first-order valence-electron chi connectivity index (χ1n) is 4.46. The molecule has 0 aromatic carbocycles. The monoisotopic (exact) mass is 226 g/mol. The van der Waals surface area contributed by atoms with Gasteiger partial charge in [0.15, 0.2) is 0 Å². The minimum atomic E-state index is -3.93. The van der Waals surface area contributed by atoms with Crippen molar-refractivity contribution >= 4 is 7.82 Å². The summed E-state index contributed by atoms with van der Waals surface area (Å²) < 4.78 is 19.9. The normalized spacial score (nSPS) is 19.0. The van der Waals surface area contributed by atoms with Crippen molar-refractivity contribution < 1.29 is 23.6 Å². The van der Waals surface area contributed by atoms with Gasteiger partial charge in [-0.15, -0.1) is 0 Å². The van der Waals surface area contributed by atoms with Gasteiger partial charge in [-0.25, -0.2) is 4.57 Å². The molecule has 0 rings (SSSR count). The predicted molar refractivity (Wildman–Crippen MR) is 52.9 cm³/mol. The number of aliphatic hydroxyl groups is 1. The fourth-order valence-electron chi connectivity index (χ4n) is 0.949. The zero-order chi connectivity index (χ0) is 11.4. The van der Waals surface area contributed by atoms with Crippen molar-refractivity contribution in [3.8, 4) is 0 Å². The van der Waals surface area contributed by atoms with Gasteiger partial charge in [0.05, 0.1) is 12.7 Å². The van der Waals surface area contributed by atoms with Crippen LogP contribution in [-0.4, -0.2) is 29.8 Å². The summed E-state index contributed by atoms with van der Waals surface area (Å²) in [5.74, 6) is 0. The Labute approximate surface area is 84.7 Å². The summed E-state index contributed by atoms with van der Waals surface area (Å²) >= 11 is 0. The molecule has 0 saturated carbocycles. The van der Waals surface area contributed by atoms with Gasteiger partial charge in [-0.1, -0.05) is 20.8 Å². The van der Waals surface area contributed by atoms with E-state index in [9.17, 15) is 9.67 Å². The lowest BCUT2D eigenvalue weighted by Gasteiger charge is -2.29. The van der Waals surface area contributed by atoms with Crippen molar-refractivity contribution in [2.45, 2.75) is 33.3 Å². The average molecular weight is 226 g/mol. The van der Waals surface area contributed by atoms with Crippen LogP contribution in [0.4, 0.5) is 0 Å². The van der Waals surface area contributed by atoms with Gasteiger partial charge < -0.3 is 10.00 Å². The molecule has 86 valence electrons. The number of hydrogen-bond donors (Lipinski definition) is 2. The van der Waals surface area contributed by atoms with Crippen molar-refractivity contribution in [1.29, 1.82) is 0 Å². The van der Waals surface area contributed by atoms with Gasteiger partial charge in [-0.05, 0) is 6.42 Å². The fourth-order valence-corrected chi connectivity index (χ4v) is 1.55. The average Bonchev–Trinajstić information content (AvgIpc) is 2.14. The molecular formula is C8H19O5P. The van der Waals surface area contributed by atoms with Crippen molar-refractivity contribution in [3.05, 3.63) is 0 Å². The Morgan fingerprint density at radius 2 is 2.00 bits per heavy atom. The summed E-state index contributed by atoms with van der Waals surface area (Å²) in [5.41, 5.74) is -0.564. The molecule has 5 nitrogen and oxygen atoms in total. The van der Waals surface area contributed by atoms with Gasteiger partial charge in [0, 0.05) is 12.5 Å². The molecule has 0 radical (unpaired) electrons. The van der Waals surface area contributed by atoms with Gasteiger partial charge in [0.2, 0.25) is 0 Å². The summed E-state index contributed by atoms with van der Waals surface area (Å²) in [4.78, 5) is 8.97. The summed E-state index contributed by atoms with van der Waals surface area (Å²) in [6.07, 6.45) is -0.00152. The van der Waals surface area contributed by atoms with Gasteiger partial charge in [0.25, 0.3) is 0 Å². The van der Waals surface area contributed by atoms with Crippen molar-refractivity contribution in [2.75, 3.05) is 13.7 Å². The summed E-state index contributed by atoms with van der Waals surface area (Å²) in [6.45, 7) is 5.33. The standard InChI is InChI=1S/C8H19O5P/c1-5-7(9)8(2,3)6-13-14(10,11)12-4/h7,9H,5-6H2,1-4H3,(H,10,11). The maximum atomic E-state index is 11.0. The molecule has 0 aliphatic rings. The van der Waals surface area contributed by atoms with E-state index in [4.69, 9.17) is 9.42 Å². The van der Waals surface area contributed by atoms with E-state index >= 15 is 0 Å². The van der Waals surface area contributed by atoms with Crippen LogP contribution in [0.2, 0.25) is 0 Å². The lowest BCUT2D eigenvalue weighted by molar-refractivity contribution is 0.00374. The Morgan fingerprint density at radius 3 is 2.36 bits per heavy atom. The highest BCUT2D eigenvalue weighted by molar-refractivity contribution is 7.47. The summed E-state index contributed by atoms with van der Waals surface area (Å²) in [6, 6.07) is 0. The van der Waals surface area contributed by atoms with Crippen LogP contribution >= 0.6 is 7.82 Å². The SMILES string of the molecule is CCC(O)C(C)(C)COP(=O)(O)OC. The highest BCUT2D eigenvalue weighted by Gasteiger charge is 2.30. The smallest absolute Gasteiger partial charge is 0.392 e. The Morgan fingerprint density at radius 1 is 1.50 bits per heavy atom. The van der Waals surface area contributed by atoms with Crippen LogP contribution in [0.5, 0.6) is 0 Å². The van der Waals surface area contributed by atoms with E-state index in [1.807, 2.05) is 6.92 Å². The first kappa shape index (κ1) is 14.1. The van der Waals surface area contributed by atoms with Crippen molar-refractivity contribution in [1.82, 2.24) is 0 Å². The van der Waals surface area contributed by atoms with E-state index in [0.717, 1.165) is 7.11 Å². The quantitative estimate of drug-likeness (QED) is 0.672. The number of aliphatic hydroxyl groups excluding tert-OH is 1. The second-order valence-electron chi connectivity index (χ2n) is 3.84. The third-order valence-electron chi connectivity index (χ3n) is 2.12. The van der Waals surface area contributed by atoms with Crippen LogP contribution in [0.1, 0.15) is 27.2 Å². The minimum Gasteiger partial charge on any atom is -0.392 e. The zero-order valence-electron chi connectivity index (χ0n) is 9.06. The molecule has 0 aliphatic heterocycles. The Balaban J connectivity index is 4.18. The highest BCUT2D eigenvalue weighted by Crippen LogP contribution is 2.44. The Kier molecular flexibility index (Phi) is 5.26. The Bertz CT molecular complexity index is 216. The van der Waals surface area contributed by atoms with Crippen molar-refractivity contribution in [3.63, 3.8) is 0 Å². The molecule has 2 unspecified atom stereocenters. The van der Waals surface area contributed by atoms with E-state index < -0.39 is 19.3 Å². The fraction of sp³-hybridized carbons (Fsp3) is 1.00. The van der Waals surface area contributed by atoms with E-state index in [-0.39, 0.29) is 6.61 Å². The van der Waals surface area contributed by atoms with Gasteiger partial charge in [0.1, 0.15) is 0 Å². The molecule has 14 heavy (non-hydrogen) atoms. The molecule has 6 heteroatoms. The first-order valence-corrected chi connectivity index (χ1v) is 5.96. The summed E-state index contributed by atoms with van der Waals surface area (Å²) in [7, 11) is -2.83. The molecule has 0 saturated heterocycles. The van der Waals surface area contributed by atoms with Crippen LogP contribution in [-0.2, 0) is 13.6 Å². The second-order valence-corrected chi connectivity index (χ2v) is 5.40. The maximum absolute atomic E-state index is 11.0. The second kappa shape index (κ2) is 5.24. The van der Waals surface area contributed by atoms with Gasteiger partial charge in [-0.2, -0.15) is 0 Å². The number of phosphoric acid groups is 1. The predicted octanol–water partition coefficient (Wildman–Crippen LogP) is 1.55. The van der Waals surface area contributed by atoms with E-state index in [0.29, 0.717) is 6.42 Å². The molecule has 0 amide bonds. The van der Waals surface area contributed by atoms with Crippen molar-refractivity contribution in [2.24, 2.45) is 5.41 Å². The molecule has 0 spiro atoms. The first-order chi connectivity index (χ1) is 6.25. The lowest BCUT2D eigenvalue weighted by atomic mass is 9.86. The van der Waals surface area contributed by atoms with E-state index in [2.05, 4.69) is 4.52 Å². The third kappa shape index (κ3) is 4.53. The van der Waals surface area contributed by atoms with E-state index in [1.165, 1.54) is 0 Å². The topological polar surface area (TPSA) is 76.0 Å². The van der Waals surface area contributed by atoms with Gasteiger partial charge >= 0.3 is 7.82 Å². The highest BCUT2D eigenvalue weighted by atomic mass is 31.2. The van der Waals surface area contributed by atoms with Crippen LogP contribution in [0.3, 0.4) is 0 Å². The molecule has 2 N–H and O–H groups in total. The molecule has 0 fully saturated rings. The van der Waals surface area contributed by atoms with Crippen LogP contribution in [0, 0.1) is 5.41 Å². The molecule has 0 aromatic heterocycles. The minimum absolute atomic E-state index is 0.0242. The maximum Gasteiger partial charge on any atom is 0.471 e. The molecule has 0 aromatic rings. The van der Waals surface area contributed by atoms with Crippen LogP contribution in [0.15, 0.2) is 0 Å². The molecule has 0 heterocycles. The molecule has 2 atom stereocenters. The van der Waals surface area contributed by atoms with Gasteiger partial charge in [-0.3, -0.25) is 9.05 Å². The summed E-state index contributed by atoms with van der Waals surface area (Å²) in [5, 5.41) is 9.56. The number of hydrogen-bond acceptors (Lipinski definition) is 4. The number of phosphoric ester groups is 1. The molecule has 0 bridgehead atoms. The molecule has 0 aliphatic carbocycles. The Hall–Kier alpha value is 0.0700. The van der Waals surface area contributed by atoms with E-state index in [1.54, 1.807) is 13.8 Å². The lowest BCUT2D eigenvalue weighted by Crippen LogP contribution is -2.33. The zero-order valence-corrected chi connectivity index (χ0v) is 9.95. The number of rotatable bonds is 6. The van der Waals surface area contributed by atoms with Crippen LogP contribution in [0.25, 0.3) is 0 Å².